The Morgan fingerprint density at radius 1 is 1.11 bits per heavy atom. The molecule has 0 saturated heterocycles. The van der Waals surface area contributed by atoms with Crippen LogP contribution < -0.4 is 9.46 Å². The molecule has 0 saturated carbocycles. The molecule has 142 valence electrons. The number of hydrogen-bond acceptors (Lipinski definition) is 6. The van der Waals surface area contributed by atoms with Crippen molar-refractivity contribution in [2.45, 2.75) is 25.3 Å². The van der Waals surface area contributed by atoms with E-state index in [9.17, 15) is 12.8 Å². The summed E-state index contributed by atoms with van der Waals surface area (Å²) in [6.07, 6.45) is 0. The Morgan fingerprint density at radius 2 is 1.78 bits per heavy atom. The van der Waals surface area contributed by atoms with E-state index >= 15 is 0 Å². The standard InChI is InChI=1S/C18H18FN3O4S/c1-11-8-15(25-3)16(9-12(11)2)27(23,24)20-10-17-21-22-18(26-17)13-4-6-14(19)7-5-13/h4-9,20H,10H2,1-3H3. The number of aromatic nitrogens is 2. The maximum atomic E-state index is 13.0. The number of sulfonamides is 1. The van der Waals surface area contributed by atoms with Crippen LogP contribution in [0.5, 0.6) is 5.75 Å². The van der Waals surface area contributed by atoms with Gasteiger partial charge >= 0.3 is 0 Å². The second-order valence-corrected chi connectivity index (χ2v) is 7.66. The first-order chi connectivity index (χ1) is 12.8. The molecule has 0 spiro atoms. The van der Waals surface area contributed by atoms with Gasteiger partial charge in [0.15, 0.2) is 0 Å². The van der Waals surface area contributed by atoms with Crippen molar-refractivity contribution in [3.8, 4) is 17.2 Å². The summed E-state index contributed by atoms with van der Waals surface area (Å²) in [6, 6.07) is 8.76. The minimum atomic E-state index is -3.85. The molecular formula is C18H18FN3O4S. The fraction of sp³-hybridized carbons (Fsp3) is 0.222. The van der Waals surface area contributed by atoms with E-state index in [0.29, 0.717) is 5.56 Å². The molecule has 3 rings (SSSR count). The smallest absolute Gasteiger partial charge is 0.247 e. The van der Waals surface area contributed by atoms with E-state index < -0.39 is 10.0 Å². The van der Waals surface area contributed by atoms with Gasteiger partial charge in [-0.3, -0.25) is 0 Å². The maximum absolute atomic E-state index is 13.0. The van der Waals surface area contributed by atoms with Crippen LogP contribution in [0.25, 0.3) is 11.5 Å². The monoisotopic (exact) mass is 391 g/mol. The molecule has 2 aromatic carbocycles. The lowest BCUT2D eigenvalue weighted by Crippen LogP contribution is -2.24. The summed E-state index contributed by atoms with van der Waals surface area (Å²) in [5.41, 5.74) is 2.29. The van der Waals surface area contributed by atoms with Crippen molar-refractivity contribution >= 4 is 10.0 Å². The van der Waals surface area contributed by atoms with Crippen LogP contribution >= 0.6 is 0 Å². The van der Waals surface area contributed by atoms with Crippen LogP contribution in [-0.2, 0) is 16.6 Å². The topological polar surface area (TPSA) is 94.3 Å². The summed E-state index contributed by atoms with van der Waals surface area (Å²) in [4.78, 5) is 0.0337. The van der Waals surface area contributed by atoms with E-state index in [1.165, 1.54) is 31.4 Å². The SMILES string of the molecule is COc1cc(C)c(C)cc1S(=O)(=O)NCc1nnc(-c2ccc(F)cc2)o1. The minimum absolute atomic E-state index is 0.0337. The van der Waals surface area contributed by atoms with E-state index in [1.807, 2.05) is 13.8 Å². The van der Waals surface area contributed by atoms with Gasteiger partial charge < -0.3 is 9.15 Å². The highest BCUT2D eigenvalue weighted by molar-refractivity contribution is 7.89. The Kier molecular flexibility index (Phi) is 5.24. The molecule has 0 radical (unpaired) electrons. The van der Waals surface area contributed by atoms with Gasteiger partial charge in [-0.15, -0.1) is 10.2 Å². The average Bonchev–Trinajstić information content (AvgIpc) is 3.11. The molecule has 9 heteroatoms. The van der Waals surface area contributed by atoms with Crippen LogP contribution in [-0.4, -0.2) is 25.7 Å². The first-order valence-electron chi connectivity index (χ1n) is 8.03. The zero-order valence-electron chi connectivity index (χ0n) is 15.0. The second-order valence-electron chi connectivity index (χ2n) is 5.92. The highest BCUT2D eigenvalue weighted by Gasteiger charge is 2.21. The third-order valence-electron chi connectivity index (χ3n) is 4.04. The van der Waals surface area contributed by atoms with E-state index in [4.69, 9.17) is 9.15 Å². The van der Waals surface area contributed by atoms with Gasteiger partial charge in [0.1, 0.15) is 16.5 Å². The van der Waals surface area contributed by atoms with Crippen molar-refractivity contribution in [1.29, 1.82) is 0 Å². The van der Waals surface area contributed by atoms with Crippen LogP contribution in [0.4, 0.5) is 4.39 Å². The number of aryl methyl sites for hydroxylation is 2. The van der Waals surface area contributed by atoms with Crippen LogP contribution in [0, 0.1) is 19.7 Å². The molecule has 1 N–H and O–H groups in total. The molecule has 0 aliphatic rings. The molecule has 7 nitrogen and oxygen atoms in total. The van der Waals surface area contributed by atoms with E-state index in [2.05, 4.69) is 14.9 Å². The summed E-state index contributed by atoms with van der Waals surface area (Å²) in [7, 11) is -2.44. The van der Waals surface area contributed by atoms with Gasteiger partial charge in [-0.2, -0.15) is 0 Å². The van der Waals surface area contributed by atoms with Gasteiger partial charge in [0, 0.05) is 5.56 Å². The van der Waals surface area contributed by atoms with Gasteiger partial charge in [-0.25, -0.2) is 17.5 Å². The molecule has 0 unspecified atom stereocenters. The van der Waals surface area contributed by atoms with Crippen LogP contribution in [0.15, 0.2) is 45.7 Å². The van der Waals surface area contributed by atoms with Crippen LogP contribution in [0.2, 0.25) is 0 Å². The lowest BCUT2D eigenvalue weighted by molar-refractivity contribution is 0.401. The normalized spacial score (nSPS) is 11.6. The molecule has 3 aromatic rings. The minimum Gasteiger partial charge on any atom is -0.495 e. The fourth-order valence-corrected chi connectivity index (χ4v) is 3.61. The fourth-order valence-electron chi connectivity index (χ4n) is 2.40. The van der Waals surface area contributed by atoms with Crippen molar-refractivity contribution in [2.24, 2.45) is 0 Å². The molecule has 0 atom stereocenters. The van der Waals surface area contributed by atoms with E-state index in [0.717, 1.165) is 11.1 Å². The largest absolute Gasteiger partial charge is 0.495 e. The van der Waals surface area contributed by atoms with Gasteiger partial charge in [-0.1, -0.05) is 0 Å². The molecular weight excluding hydrogens is 373 g/mol. The highest BCUT2D eigenvalue weighted by atomic mass is 32.2. The Balaban J connectivity index is 1.78. The van der Waals surface area contributed by atoms with Gasteiger partial charge in [0.2, 0.25) is 21.8 Å². The van der Waals surface area contributed by atoms with Gasteiger partial charge in [0.05, 0.1) is 13.7 Å². The lowest BCUT2D eigenvalue weighted by Gasteiger charge is -2.12. The quantitative estimate of drug-likeness (QED) is 0.694. The summed E-state index contributed by atoms with van der Waals surface area (Å²) >= 11 is 0. The molecule has 0 bridgehead atoms. The number of halogens is 1. The summed E-state index contributed by atoms with van der Waals surface area (Å²) < 4.78 is 51.3. The van der Waals surface area contributed by atoms with Crippen molar-refractivity contribution in [3.05, 3.63) is 59.2 Å². The van der Waals surface area contributed by atoms with Crippen molar-refractivity contribution in [1.82, 2.24) is 14.9 Å². The highest BCUT2D eigenvalue weighted by Crippen LogP contribution is 2.27. The van der Waals surface area contributed by atoms with Crippen molar-refractivity contribution in [2.75, 3.05) is 7.11 Å². The summed E-state index contributed by atoms with van der Waals surface area (Å²) in [5.74, 6) is 0.130. The molecule has 1 heterocycles. The van der Waals surface area contributed by atoms with Crippen LogP contribution in [0.1, 0.15) is 17.0 Å². The number of nitrogens with zero attached hydrogens (tertiary/aromatic N) is 2. The van der Waals surface area contributed by atoms with Gasteiger partial charge in [-0.05, 0) is 61.4 Å². The Hall–Kier alpha value is -2.78. The van der Waals surface area contributed by atoms with Gasteiger partial charge in [0.25, 0.3) is 0 Å². The third kappa shape index (κ3) is 4.15. The first-order valence-corrected chi connectivity index (χ1v) is 9.51. The Labute approximate surface area is 156 Å². The predicted octanol–water partition coefficient (Wildman–Crippen LogP) is 2.98. The Bertz CT molecular complexity index is 1060. The second kappa shape index (κ2) is 7.45. The number of ether oxygens (including phenoxy) is 1. The zero-order chi connectivity index (χ0) is 19.6. The third-order valence-corrected chi connectivity index (χ3v) is 5.46. The molecule has 0 amide bonds. The average molecular weight is 391 g/mol. The number of benzene rings is 2. The number of hydrogen-bond donors (Lipinski definition) is 1. The number of nitrogens with one attached hydrogen (secondary N) is 1. The first kappa shape index (κ1) is 19.0. The zero-order valence-corrected chi connectivity index (χ0v) is 15.8. The molecule has 27 heavy (non-hydrogen) atoms. The van der Waals surface area contributed by atoms with Crippen LogP contribution in [0.3, 0.4) is 0 Å². The van der Waals surface area contributed by atoms with Crippen molar-refractivity contribution in [3.63, 3.8) is 0 Å². The molecule has 0 aliphatic heterocycles. The summed E-state index contributed by atoms with van der Waals surface area (Å²) in [5, 5.41) is 7.67. The Morgan fingerprint density at radius 3 is 2.44 bits per heavy atom. The number of rotatable bonds is 6. The summed E-state index contributed by atoms with van der Waals surface area (Å²) in [6.45, 7) is 3.50. The lowest BCUT2D eigenvalue weighted by atomic mass is 10.1. The number of methoxy groups -OCH3 is 1. The molecule has 0 fully saturated rings. The molecule has 0 aliphatic carbocycles. The predicted molar refractivity (Wildman–Crippen MR) is 96.2 cm³/mol. The van der Waals surface area contributed by atoms with Crippen molar-refractivity contribution < 1.29 is 22.0 Å². The van der Waals surface area contributed by atoms with E-state index in [-0.39, 0.29) is 34.8 Å². The maximum Gasteiger partial charge on any atom is 0.247 e. The van der Waals surface area contributed by atoms with E-state index in [1.54, 1.807) is 12.1 Å². The molecule has 1 aromatic heterocycles.